The quantitative estimate of drug-likeness (QED) is 0.737. The fraction of sp³-hybridized carbons (Fsp3) is 0.571. The fourth-order valence-corrected chi connectivity index (χ4v) is 3.82. The molecule has 9 heteroatoms. The lowest BCUT2D eigenvalue weighted by atomic mass is 10.0. The molecule has 0 aromatic carbocycles. The van der Waals surface area contributed by atoms with Gasteiger partial charge in [0.1, 0.15) is 0 Å². The predicted octanol–water partition coefficient (Wildman–Crippen LogP) is 0.0216. The molecule has 0 spiro atoms. The summed E-state index contributed by atoms with van der Waals surface area (Å²) in [6.07, 6.45) is 7.17. The molecule has 0 aromatic rings. The van der Waals surface area contributed by atoms with Crippen LogP contribution in [0.5, 0.6) is 0 Å². The highest BCUT2D eigenvalue weighted by atomic mass is 35.5. The maximum Gasteiger partial charge on any atom is 0.256 e. The average molecular weight is 361 g/mol. The highest BCUT2D eigenvalue weighted by molar-refractivity contribution is 7.90. The molecular weight excluding hydrogens is 340 g/mol. The van der Waals surface area contributed by atoms with Crippen LogP contribution in [0.1, 0.15) is 12.8 Å². The topological polar surface area (TPSA) is 90.9 Å². The van der Waals surface area contributed by atoms with E-state index in [-0.39, 0.29) is 29.9 Å². The largest absolute Gasteiger partial charge is 0.352 e. The number of amidine groups is 1. The number of allylic oxidation sites excluding steroid dienone is 2. The van der Waals surface area contributed by atoms with Crippen LogP contribution in [-0.4, -0.2) is 57.0 Å². The van der Waals surface area contributed by atoms with Gasteiger partial charge in [0.25, 0.3) is 15.9 Å². The molecule has 0 radical (unpaired) electrons. The van der Waals surface area contributed by atoms with Crippen molar-refractivity contribution >= 4 is 34.2 Å². The van der Waals surface area contributed by atoms with Gasteiger partial charge in [0.2, 0.25) is 0 Å². The maximum atomic E-state index is 12.3. The molecule has 0 saturated carbocycles. The second kappa shape index (κ2) is 7.46. The molecule has 0 aromatic heterocycles. The van der Waals surface area contributed by atoms with Crippen molar-refractivity contribution in [2.45, 2.75) is 12.8 Å². The van der Waals surface area contributed by atoms with E-state index >= 15 is 0 Å². The molecule has 1 atom stereocenters. The van der Waals surface area contributed by atoms with E-state index in [1.54, 1.807) is 23.3 Å². The van der Waals surface area contributed by atoms with Crippen LogP contribution in [0, 0.1) is 5.92 Å². The minimum absolute atomic E-state index is 0. The van der Waals surface area contributed by atoms with Crippen LogP contribution in [0.4, 0.5) is 0 Å². The Balaban J connectivity index is 0.00000192. The molecule has 3 heterocycles. The SMILES string of the molecule is Cl.O=C(NCCC1CCNC1)C1=CC=CN2CCS(=O)(=O)N=C12. The van der Waals surface area contributed by atoms with Crippen LogP contribution >= 0.6 is 12.4 Å². The second-order valence-electron chi connectivity index (χ2n) is 5.72. The summed E-state index contributed by atoms with van der Waals surface area (Å²) in [5, 5.41) is 6.16. The zero-order valence-corrected chi connectivity index (χ0v) is 14.3. The first-order valence-corrected chi connectivity index (χ1v) is 9.13. The summed E-state index contributed by atoms with van der Waals surface area (Å²) in [5.41, 5.74) is 0.315. The first kappa shape index (κ1) is 18.0. The highest BCUT2D eigenvalue weighted by Gasteiger charge is 2.29. The van der Waals surface area contributed by atoms with Crippen molar-refractivity contribution in [2.75, 3.05) is 31.9 Å². The van der Waals surface area contributed by atoms with Gasteiger partial charge in [-0.15, -0.1) is 16.8 Å². The number of fused-ring (bicyclic) bond motifs is 1. The summed E-state index contributed by atoms with van der Waals surface area (Å²) in [6.45, 7) is 2.96. The van der Waals surface area contributed by atoms with Crippen molar-refractivity contribution in [1.29, 1.82) is 0 Å². The molecule has 3 aliphatic heterocycles. The minimum Gasteiger partial charge on any atom is -0.352 e. The number of nitrogens with one attached hydrogen (secondary N) is 2. The number of nitrogens with zero attached hydrogens (tertiary/aromatic N) is 2. The molecule has 1 amide bonds. The normalized spacial score (nSPS) is 25.0. The number of rotatable bonds is 4. The maximum absolute atomic E-state index is 12.3. The van der Waals surface area contributed by atoms with Gasteiger partial charge in [-0.1, -0.05) is 0 Å². The summed E-state index contributed by atoms with van der Waals surface area (Å²) >= 11 is 0. The molecule has 1 unspecified atom stereocenters. The van der Waals surface area contributed by atoms with Gasteiger partial charge in [-0.25, -0.2) is 8.42 Å². The lowest BCUT2D eigenvalue weighted by molar-refractivity contribution is -0.117. The summed E-state index contributed by atoms with van der Waals surface area (Å²) in [7, 11) is -3.47. The molecule has 128 valence electrons. The van der Waals surface area contributed by atoms with Gasteiger partial charge in [0, 0.05) is 19.3 Å². The summed E-state index contributed by atoms with van der Waals surface area (Å²) in [6, 6.07) is 0. The number of carbonyl (C=O) groups is 1. The van der Waals surface area contributed by atoms with Gasteiger partial charge < -0.3 is 15.5 Å². The van der Waals surface area contributed by atoms with Gasteiger partial charge in [-0.2, -0.15) is 0 Å². The van der Waals surface area contributed by atoms with Crippen LogP contribution in [0.15, 0.2) is 28.3 Å². The summed E-state index contributed by atoms with van der Waals surface area (Å²) < 4.78 is 27.1. The van der Waals surface area contributed by atoms with E-state index in [1.807, 2.05) is 0 Å². The number of carbonyl (C=O) groups excluding carboxylic acids is 1. The molecule has 0 bridgehead atoms. The molecule has 7 nitrogen and oxygen atoms in total. The van der Waals surface area contributed by atoms with E-state index < -0.39 is 10.0 Å². The Kier molecular flexibility index (Phi) is 5.83. The van der Waals surface area contributed by atoms with Gasteiger partial charge in [-0.3, -0.25) is 4.79 Å². The van der Waals surface area contributed by atoms with Crippen molar-refractivity contribution in [3.63, 3.8) is 0 Å². The number of hydrogen-bond donors (Lipinski definition) is 2. The highest BCUT2D eigenvalue weighted by Crippen LogP contribution is 2.18. The Hall–Kier alpha value is -1.38. The third-order valence-electron chi connectivity index (χ3n) is 4.10. The zero-order chi connectivity index (χ0) is 15.6. The fourth-order valence-electron chi connectivity index (χ4n) is 2.84. The molecule has 2 N–H and O–H groups in total. The second-order valence-corrected chi connectivity index (χ2v) is 7.47. The van der Waals surface area contributed by atoms with E-state index in [9.17, 15) is 13.2 Å². The first-order valence-electron chi connectivity index (χ1n) is 7.52. The Bertz CT molecular complexity index is 651. The molecule has 23 heavy (non-hydrogen) atoms. The average Bonchev–Trinajstić information content (AvgIpc) is 2.99. The van der Waals surface area contributed by atoms with Crippen molar-refractivity contribution in [2.24, 2.45) is 10.3 Å². The Labute approximate surface area is 142 Å². The Morgan fingerprint density at radius 2 is 2.30 bits per heavy atom. The van der Waals surface area contributed by atoms with E-state index in [0.717, 1.165) is 25.9 Å². The molecule has 3 aliphatic rings. The van der Waals surface area contributed by atoms with Crippen molar-refractivity contribution in [1.82, 2.24) is 15.5 Å². The molecular formula is C14H21ClN4O3S. The van der Waals surface area contributed by atoms with Gasteiger partial charge in [0.15, 0.2) is 5.84 Å². The molecule has 0 aliphatic carbocycles. The monoisotopic (exact) mass is 360 g/mol. The smallest absolute Gasteiger partial charge is 0.256 e. The van der Waals surface area contributed by atoms with Crippen LogP contribution < -0.4 is 10.6 Å². The number of sulfonamides is 1. The van der Waals surface area contributed by atoms with Crippen LogP contribution in [0.25, 0.3) is 0 Å². The molecule has 1 fully saturated rings. The zero-order valence-electron chi connectivity index (χ0n) is 12.7. The minimum atomic E-state index is -3.47. The Morgan fingerprint density at radius 1 is 1.48 bits per heavy atom. The van der Waals surface area contributed by atoms with Gasteiger partial charge in [0.05, 0.1) is 11.3 Å². The van der Waals surface area contributed by atoms with Crippen LogP contribution in [0.3, 0.4) is 0 Å². The number of amides is 1. The Morgan fingerprint density at radius 3 is 3.04 bits per heavy atom. The van der Waals surface area contributed by atoms with Crippen LogP contribution in [-0.2, 0) is 14.8 Å². The third-order valence-corrected chi connectivity index (χ3v) is 5.25. The van der Waals surface area contributed by atoms with E-state index in [2.05, 4.69) is 15.0 Å². The van der Waals surface area contributed by atoms with E-state index in [4.69, 9.17) is 0 Å². The predicted molar refractivity (Wildman–Crippen MR) is 91.0 cm³/mol. The molecule has 1 saturated heterocycles. The number of hydrogen-bond acceptors (Lipinski definition) is 5. The standard InChI is InChI=1S/C14H20N4O3S.ClH/c19-14(16-6-4-11-3-5-15-10-11)12-2-1-7-18-8-9-22(20,21)17-13(12)18;/h1-2,7,11,15H,3-6,8-10H2,(H,16,19);1H. The lowest BCUT2D eigenvalue weighted by Gasteiger charge is -2.28. The van der Waals surface area contributed by atoms with Crippen LogP contribution in [0.2, 0.25) is 0 Å². The lowest BCUT2D eigenvalue weighted by Crippen LogP contribution is -2.42. The molecule has 3 rings (SSSR count). The van der Waals surface area contributed by atoms with Crippen molar-refractivity contribution < 1.29 is 13.2 Å². The summed E-state index contributed by atoms with van der Waals surface area (Å²) in [5.74, 6) is 0.541. The number of halogens is 1. The van der Waals surface area contributed by atoms with Gasteiger partial charge >= 0.3 is 0 Å². The van der Waals surface area contributed by atoms with E-state index in [1.165, 1.54) is 0 Å². The third kappa shape index (κ3) is 4.33. The first-order chi connectivity index (χ1) is 10.6. The van der Waals surface area contributed by atoms with Crippen molar-refractivity contribution in [3.8, 4) is 0 Å². The summed E-state index contributed by atoms with van der Waals surface area (Å²) in [4.78, 5) is 14.0. The van der Waals surface area contributed by atoms with E-state index in [0.29, 0.717) is 24.6 Å². The van der Waals surface area contributed by atoms with Gasteiger partial charge in [-0.05, 0) is 44.0 Å². The van der Waals surface area contributed by atoms with Crippen molar-refractivity contribution in [3.05, 3.63) is 23.9 Å².